The van der Waals surface area contributed by atoms with Crippen molar-refractivity contribution in [1.82, 2.24) is 5.32 Å². The molecule has 0 aromatic heterocycles. The molecule has 3 heteroatoms. The van der Waals surface area contributed by atoms with Crippen LogP contribution < -0.4 is 11.1 Å². The molecule has 0 saturated carbocycles. The second kappa shape index (κ2) is 2.13. The fourth-order valence-corrected chi connectivity index (χ4v) is 0.920. The molecule has 0 aliphatic carbocycles. The van der Waals surface area contributed by atoms with Crippen molar-refractivity contribution in [3.8, 4) is 0 Å². The van der Waals surface area contributed by atoms with E-state index < -0.39 is 0 Å². The molecule has 1 rings (SSSR count). The lowest BCUT2D eigenvalue weighted by atomic mass is 10.1. The van der Waals surface area contributed by atoms with E-state index >= 15 is 0 Å². The molecular weight excluding hydrogens is 102 g/mol. The predicted octanol–water partition coefficient (Wildman–Crippen LogP) is -0.468. The van der Waals surface area contributed by atoms with Crippen LogP contribution in [0, 0.1) is 11.3 Å². The van der Waals surface area contributed by atoms with Gasteiger partial charge in [-0.3, -0.25) is 5.41 Å². The first kappa shape index (κ1) is 5.56. The second-order valence-electron chi connectivity index (χ2n) is 2.15. The summed E-state index contributed by atoms with van der Waals surface area (Å²) in [6.45, 7) is 1.92. The number of hydrogen-bond acceptors (Lipinski definition) is 2. The summed E-state index contributed by atoms with van der Waals surface area (Å²) in [5.74, 6) is 0.644. The van der Waals surface area contributed by atoms with Crippen LogP contribution in [0.5, 0.6) is 0 Å². The lowest BCUT2D eigenvalue weighted by molar-refractivity contribution is 0.759. The second-order valence-corrected chi connectivity index (χ2v) is 2.15. The van der Waals surface area contributed by atoms with Crippen molar-refractivity contribution in [3.63, 3.8) is 0 Å². The molecule has 0 aromatic carbocycles. The van der Waals surface area contributed by atoms with Gasteiger partial charge in [-0.25, -0.2) is 0 Å². The summed E-state index contributed by atoms with van der Waals surface area (Å²) in [5.41, 5.74) is 5.24. The van der Waals surface area contributed by atoms with E-state index in [0.29, 0.717) is 11.8 Å². The smallest absolute Gasteiger partial charge is 0.0950 e. The van der Waals surface area contributed by atoms with Gasteiger partial charge < -0.3 is 11.1 Å². The molecule has 1 saturated heterocycles. The van der Waals surface area contributed by atoms with Crippen LogP contribution in [-0.2, 0) is 0 Å². The number of nitrogens with one attached hydrogen (secondary N) is 2. The molecular formula is C5H11N3. The molecule has 1 fully saturated rings. The summed E-state index contributed by atoms with van der Waals surface area (Å²) in [7, 11) is 0. The molecule has 0 unspecified atom stereocenters. The van der Waals surface area contributed by atoms with E-state index in [1.165, 1.54) is 0 Å². The van der Waals surface area contributed by atoms with Crippen LogP contribution in [0.1, 0.15) is 6.42 Å². The molecule has 1 aliphatic rings. The van der Waals surface area contributed by atoms with E-state index in [0.717, 1.165) is 19.5 Å². The molecule has 0 bridgehead atoms. The Morgan fingerprint density at radius 1 is 1.75 bits per heavy atom. The molecule has 0 radical (unpaired) electrons. The Bertz CT molecular complexity index is 93.8. The highest BCUT2D eigenvalue weighted by Gasteiger charge is 2.15. The zero-order chi connectivity index (χ0) is 5.98. The van der Waals surface area contributed by atoms with Gasteiger partial charge in [-0.1, -0.05) is 0 Å². The zero-order valence-electron chi connectivity index (χ0n) is 4.78. The van der Waals surface area contributed by atoms with Gasteiger partial charge in [0.1, 0.15) is 0 Å². The highest BCUT2D eigenvalue weighted by molar-refractivity contribution is 5.80. The number of hydrogen-bond donors (Lipinski definition) is 3. The Hall–Kier alpha value is -0.570. The zero-order valence-corrected chi connectivity index (χ0v) is 4.78. The minimum atomic E-state index is 0.315. The van der Waals surface area contributed by atoms with Gasteiger partial charge in [-0.2, -0.15) is 0 Å². The normalized spacial score (nSPS) is 28.2. The Balaban J connectivity index is 2.35. The fourth-order valence-electron chi connectivity index (χ4n) is 0.920. The molecule has 0 aromatic rings. The van der Waals surface area contributed by atoms with Gasteiger partial charge >= 0.3 is 0 Å². The van der Waals surface area contributed by atoms with Crippen LogP contribution in [-0.4, -0.2) is 18.9 Å². The van der Waals surface area contributed by atoms with E-state index in [1.807, 2.05) is 0 Å². The Kier molecular flexibility index (Phi) is 1.48. The van der Waals surface area contributed by atoms with Crippen LogP contribution in [0.25, 0.3) is 0 Å². The van der Waals surface area contributed by atoms with Gasteiger partial charge in [-0.05, 0) is 13.0 Å². The van der Waals surface area contributed by atoms with Crippen molar-refractivity contribution in [2.45, 2.75) is 6.42 Å². The minimum absolute atomic E-state index is 0.315. The number of nitrogens with two attached hydrogens (primary N) is 1. The first-order chi connectivity index (χ1) is 3.80. The number of rotatable bonds is 1. The molecule has 46 valence electrons. The van der Waals surface area contributed by atoms with Crippen molar-refractivity contribution in [2.75, 3.05) is 13.1 Å². The van der Waals surface area contributed by atoms with Crippen LogP contribution in [0.3, 0.4) is 0 Å². The topological polar surface area (TPSA) is 61.9 Å². The highest BCUT2D eigenvalue weighted by Crippen LogP contribution is 2.04. The SMILES string of the molecule is N=C(N)[C@H]1CCNC1. The van der Waals surface area contributed by atoms with Crippen molar-refractivity contribution in [3.05, 3.63) is 0 Å². The average Bonchev–Trinajstić information content (AvgIpc) is 2.12. The summed E-state index contributed by atoms with van der Waals surface area (Å²) < 4.78 is 0. The molecule has 1 atom stereocenters. The third-order valence-electron chi connectivity index (χ3n) is 1.50. The maximum Gasteiger partial charge on any atom is 0.0950 e. The van der Waals surface area contributed by atoms with Crippen molar-refractivity contribution in [2.24, 2.45) is 11.7 Å². The quantitative estimate of drug-likeness (QED) is 0.318. The van der Waals surface area contributed by atoms with Gasteiger partial charge in [0.15, 0.2) is 0 Å². The van der Waals surface area contributed by atoms with E-state index in [1.54, 1.807) is 0 Å². The minimum Gasteiger partial charge on any atom is -0.387 e. The summed E-state index contributed by atoms with van der Waals surface area (Å²) in [6.07, 6.45) is 1.04. The van der Waals surface area contributed by atoms with Gasteiger partial charge in [-0.15, -0.1) is 0 Å². The molecule has 0 spiro atoms. The van der Waals surface area contributed by atoms with Crippen LogP contribution in [0.4, 0.5) is 0 Å². The predicted molar refractivity (Wildman–Crippen MR) is 32.9 cm³/mol. The van der Waals surface area contributed by atoms with Gasteiger partial charge in [0.2, 0.25) is 0 Å². The lowest BCUT2D eigenvalue weighted by Crippen LogP contribution is -2.24. The fraction of sp³-hybridized carbons (Fsp3) is 0.800. The largest absolute Gasteiger partial charge is 0.387 e. The van der Waals surface area contributed by atoms with Gasteiger partial charge in [0.25, 0.3) is 0 Å². The molecule has 8 heavy (non-hydrogen) atoms. The van der Waals surface area contributed by atoms with Gasteiger partial charge in [0, 0.05) is 12.5 Å². The molecule has 0 amide bonds. The van der Waals surface area contributed by atoms with E-state index in [-0.39, 0.29) is 0 Å². The summed E-state index contributed by atoms with van der Waals surface area (Å²) >= 11 is 0. The maximum absolute atomic E-state index is 7.03. The molecule has 1 heterocycles. The van der Waals surface area contributed by atoms with Crippen molar-refractivity contribution < 1.29 is 0 Å². The third-order valence-corrected chi connectivity index (χ3v) is 1.50. The summed E-state index contributed by atoms with van der Waals surface area (Å²) in [5, 5.41) is 10.2. The van der Waals surface area contributed by atoms with Crippen LogP contribution in [0.2, 0.25) is 0 Å². The van der Waals surface area contributed by atoms with Crippen LogP contribution >= 0.6 is 0 Å². The summed E-state index contributed by atoms with van der Waals surface area (Å²) in [6, 6.07) is 0. The molecule has 4 N–H and O–H groups in total. The van der Waals surface area contributed by atoms with E-state index in [4.69, 9.17) is 11.1 Å². The maximum atomic E-state index is 7.03. The van der Waals surface area contributed by atoms with E-state index in [9.17, 15) is 0 Å². The third kappa shape index (κ3) is 0.980. The monoisotopic (exact) mass is 113 g/mol. The van der Waals surface area contributed by atoms with Crippen molar-refractivity contribution >= 4 is 5.84 Å². The van der Waals surface area contributed by atoms with Crippen molar-refractivity contribution in [1.29, 1.82) is 5.41 Å². The first-order valence-electron chi connectivity index (χ1n) is 2.85. The van der Waals surface area contributed by atoms with Crippen LogP contribution in [0.15, 0.2) is 0 Å². The first-order valence-corrected chi connectivity index (χ1v) is 2.85. The average molecular weight is 113 g/mol. The standard InChI is InChI=1S/C5H11N3/c6-5(7)4-1-2-8-3-4/h4,8H,1-3H2,(H3,6,7)/t4-/m0/s1. The summed E-state index contributed by atoms with van der Waals surface area (Å²) in [4.78, 5) is 0. The molecule has 1 aliphatic heterocycles. The Morgan fingerprint density at radius 3 is 2.75 bits per heavy atom. The molecule has 3 nitrogen and oxygen atoms in total. The lowest BCUT2D eigenvalue weighted by Gasteiger charge is -2.01. The number of amidine groups is 1. The Morgan fingerprint density at radius 2 is 2.50 bits per heavy atom. The van der Waals surface area contributed by atoms with E-state index in [2.05, 4.69) is 5.32 Å². The highest BCUT2D eigenvalue weighted by atomic mass is 14.9. The Labute approximate surface area is 48.8 Å². The van der Waals surface area contributed by atoms with Gasteiger partial charge in [0.05, 0.1) is 5.84 Å².